The van der Waals surface area contributed by atoms with Gasteiger partial charge in [-0.05, 0) is 30.7 Å². The van der Waals surface area contributed by atoms with Crippen LogP contribution in [0.15, 0.2) is 35.5 Å². The van der Waals surface area contributed by atoms with E-state index in [9.17, 15) is 5.26 Å². The molecule has 0 amide bonds. The van der Waals surface area contributed by atoms with Gasteiger partial charge in [0.2, 0.25) is 0 Å². The molecule has 2 rings (SSSR count). The fourth-order valence-corrected chi connectivity index (χ4v) is 2.82. The van der Waals surface area contributed by atoms with Crippen molar-refractivity contribution in [3.63, 3.8) is 0 Å². The molecule has 112 valence electrons. The fourth-order valence-electron chi connectivity index (χ4n) is 2.82. The number of nitrogens with zero attached hydrogens (tertiary/aromatic N) is 2. The lowest BCUT2D eigenvalue weighted by atomic mass is 9.91. The Morgan fingerprint density at radius 1 is 1.14 bits per heavy atom. The Kier molecular flexibility index (Phi) is 6.80. The minimum atomic E-state index is 0.175. The van der Waals surface area contributed by atoms with Crippen molar-refractivity contribution in [3.8, 4) is 6.07 Å². The van der Waals surface area contributed by atoms with E-state index in [4.69, 9.17) is 4.84 Å². The maximum atomic E-state index is 9.21. The number of benzene rings is 1. The monoisotopic (exact) mass is 284 g/mol. The van der Waals surface area contributed by atoms with Crippen molar-refractivity contribution in [2.75, 3.05) is 0 Å². The predicted molar refractivity (Wildman–Crippen MR) is 84.6 cm³/mol. The summed E-state index contributed by atoms with van der Waals surface area (Å²) in [6.07, 6.45) is 9.94. The average molecular weight is 284 g/mol. The van der Waals surface area contributed by atoms with Crippen molar-refractivity contribution in [2.24, 2.45) is 17.0 Å². The van der Waals surface area contributed by atoms with Crippen LogP contribution in [0.3, 0.4) is 0 Å². The van der Waals surface area contributed by atoms with Crippen molar-refractivity contribution in [1.29, 1.82) is 5.26 Å². The Morgan fingerprint density at radius 2 is 1.90 bits per heavy atom. The van der Waals surface area contributed by atoms with E-state index < -0.39 is 0 Å². The SMILES string of the molecule is N#CC1CCCCCCC(C=NOCc2ccccc2)C1. The normalized spacial score (nSPS) is 23.8. The van der Waals surface area contributed by atoms with E-state index in [-0.39, 0.29) is 5.92 Å². The Bertz CT molecular complexity index is 464. The van der Waals surface area contributed by atoms with E-state index in [0.29, 0.717) is 12.5 Å². The van der Waals surface area contributed by atoms with E-state index in [2.05, 4.69) is 11.2 Å². The van der Waals surface area contributed by atoms with Crippen molar-refractivity contribution in [1.82, 2.24) is 0 Å². The molecule has 1 fully saturated rings. The molecule has 0 bridgehead atoms. The van der Waals surface area contributed by atoms with Gasteiger partial charge < -0.3 is 4.84 Å². The molecule has 0 saturated heterocycles. The number of oxime groups is 1. The second kappa shape index (κ2) is 9.18. The molecule has 0 aliphatic heterocycles. The van der Waals surface area contributed by atoms with Gasteiger partial charge in [0.05, 0.1) is 6.07 Å². The molecular weight excluding hydrogens is 260 g/mol. The Hall–Kier alpha value is -1.82. The number of rotatable bonds is 4. The van der Waals surface area contributed by atoms with Crippen LogP contribution in [-0.4, -0.2) is 6.21 Å². The molecule has 1 aliphatic carbocycles. The molecule has 1 aromatic rings. The smallest absolute Gasteiger partial charge is 0.142 e. The molecule has 0 aromatic heterocycles. The molecule has 2 atom stereocenters. The molecule has 1 saturated carbocycles. The fraction of sp³-hybridized carbons (Fsp3) is 0.556. The molecule has 1 aromatic carbocycles. The van der Waals surface area contributed by atoms with Crippen LogP contribution >= 0.6 is 0 Å². The lowest BCUT2D eigenvalue weighted by Crippen LogP contribution is -2.09. The molecule has 3 nitrogen and oxygen atoms in total. The first-order valence-electron chi connectivity index (χ1n) is 7.97. The van der Waals surface area contributed by atoms with E-state index in [1.807, 2.05) is 36.5 Å². The highest BCUT2D eigenvalue weighted by atomic mass is 16.6. The highest BCUT2D eigenvalue weighted by molar-refractivity contribution is 5.59. The summed E-state index contributed by atoms with van der Waals surface area (Å²) < 4.78 is 0. The summed E-state index contributed by atoms with van der Waals surface area (Å²) in [6.45, 7) is 0.506. The van der Waals surface area contributed by atoms with Crippen molar-refractivity contribution in [2.45, 2.75) is 51.6 Å². The van der Waals surface area contributed by atoms with Gasteiger partial charge in [0.1, 0.15) is 6.61 Å². The van der Waals surface area contributed by atoms with Gasteiger partial charge in [0, 0.05) is 12.1 Å². The van der Waals surface area contributed by atoms with Gasteiger partial charge in [0.15, 0.2) is 0 Å². The standard InChI is InChI=1S/C18H24N2O/c19-13-17-10-4-1-2-5-11-18(12-17)14-20-21-15-16-8-6-3-7-9-16/h3,6-9,14,17-18H,1-2,4-5,10-12,15H2. The Morgan fingerprint density at radius 3 is 2.67 bits per heavy atom. The van der Waals surface area contributed by atoms with Crippen LogP contribution in [0.4, 0.5) is 0 Å². The van der Waals surface area contributed by atoms with Crippen molar-refractivity contribution in [3.05, 3.63) is 35.9 Å². The summed E-state index contributed by atoms with van der Waals surface area (Å²) in [6, 6.07) is 12.5. The molecular formula is C18H24N2O. The predicted octanol–water partition coefficient (Wildman–Crippen LogP) is 4.69. The Balaban J connectivity index is 1.80. The summed E-state index contributed by atoms with van der Waals surface area (Å²) in [5, 5.41) is 13.3. The van der Waals surface area contributed by atoms with Gasteiger partial charge in [-0.2, -0.15) is 5.26 Å². The molecule has 0 heterocycles. The third kappa shape index (κ3) is 5.99. The van der Waals surface area contributed by atoms with E-state index in [0.717, 1.165) is 24.8 Å². The van der Waals surface area contributed by atoms with Crippen LogP contribution in [0.2, 0.25) is 0 Å². The number of hydrogen-bond acceptors (Lipinski definition) is 3. The second-order valence-electron chi connectivity index (χ2n) is 5.83. The minimum absolute atomic E-state index is 0.175. The average Bonchev–Trinajstić information content (AvgIpc) is 2.64. The molecule has 2 unspecified atom stereocenters. The highest BCUT2D eigenvalue weighted by Gasteiger charge is 2.16. The van der Waals surface area contributed by atoms with Crippen LogP contribution in [0.5, 0.6) is 0 Å². The molecule has 21 heavy (non-hydrogen) atoms. The Labute approximate surface area is 127 Å². The van der Waals surface area contributed by atoms with Gasteiger partial charge in [0.25, 0.3) is 0 Å². The largest absolute Gasteiger partial charge is 0.391 e. The van der Waals surface area contributed by atoms with E-state index in [1.54, 1.807) is 0 Å². The molecule has 0 spiro atoms. The first-order chi connectivity index (χ1) is 10.4. The zero-order chi connectivity index (χ0) is 14.8. The van der Waals surface area contributed by atoms with E-state index >= 15 is 0 Å². The highest BCUT2D eigenvalue weighted by Crippen LogP contribution is 2.24. The molecule has 0 radical (unpaired) electrons. The third-order valence-corrected chi connectivity index (χ3v) is 4.07. The van der Waals surface area contributed by atoms with Gasteiger partial charge in [-0.15, -0.1) is 0 Å². The quantitative estimate of drug-likeness (QED) is 0.594. The number of hydrogen-bond donors (Lipinski definition) is 0. The third-order valence-electron chi connectivity index (χ3n) is 4.07. The van der Waals surface area contributed by atoms with Crippen LogP contribution in [0.1, 0.15) is 50.5 Å². The summed E-state index contributed by atoms with van der Waals surface area (Å²) in [5.41, 5.74) is 1.12. The van der Waals surface area contributed by atoms with Crippen LogP contribution in [0.25, 0.3) is 0 Å². The lowest BCUT2D eigenvalue weighted by molar-refractivity contribution is 0.130. The maximum absolute atomic E-state index is 9.21. The second-order valence-corrected chi connectivity index (χ2v) is 5.83. The molecule has 0 N–H and O–H groups in total. The summed E-state index contributed by atoms with van der Waals surface area (Å²) in [4.78, 5) is 5.38. The van der Waals surface area contributed by atoms with E-state index in [1.165, 1.54) is 25.7 Å². The van der Waals surface area contributed by atoms with Crippen LogP contribution < -0.4 is 0 Å². The van der Waals surface area contributed by atoms with Crippen molar-refractivity contribution < 1.29 is 4.84 Å². The van der Waals surface area contributed by atoms with Gasteiger partial charge in [-0.25, -0.2) is 0 Å². The van der Waals surface area contributed by atoms with Gasteiger partial charge >= 0.3 is 0 Å². The zero-order valence-corrected chi connectivity index (χ0v) is 12.6. The summed E-state index contributed by atoms with van der Waals surface area (Å²) in [5.74, 6) is 0.553. The minimum Gasteiger partial charge on any atom is -0.391 e. The summed E-state index contributed by atoms with van der Waals surface area (Å²) in [7, 11) is 0. The van der Waals surface area contributed by atoms with Crippen LogP contribution in [0, 0.1) is 23.2 Å². The lowest BCUT2D eigenvalue weighted by Gasteiger charge is -2.13. The van der Waals surface area contributed by atoms with Crippen molar-refractivity contribution >= 4 is 6.21 Å². The number of nitriles is 1. The molecule has 3 heteroatoms. The molecule has 1 aliphatic rings. The first-order valence-corrected chi connectivity index (χ1v) is 7.97. The maximum Gasteiger partial charge on any atom is 0.142 e. The zero-order valence-electron chi connectivity index (χ0n) is 12.6. The van der Waals surface area contributed by atoms with Crippen LogP contribution in [-0.2, 0) is 11.4 Å². The topological polar surface area (TPSA) is 45.4 Å². The first kappa shape index (κ1) is 15.6. The van der Waals surface area contributed by atoms with Gasteiger partial charge in [-0.1, -0.05) is 61.2 Å². The van der Waals surface area contributed by atoms with Gasteiger partial charge in [-0.3, -0.25) is 0 Å². The summed E-state index contributed by atoms with van der Waals surface area (Å²) >= 11 is 0.